The molecule has 192 valence electrons. The van der Waals surface area contributed by atoms with Crippen LogP contribution < -0.4 is 0 Å². The minimum Gasteiger partial charge on any atom is -0.335 e. The van der Waals surface area contributed by atoms with Crippen LogP contribution in [0.5, 0.6) is 0 Å². The number of likely N-dealkylation sites (N-methyl/N-ethyl adjacent to an activating group) is 1. The Labute approximate surface area is 212 Å². The van der Waals surface area contributed by atoms with Gasteiger partial charge in [0.1, 0.15) is 16.5 Å². The summed E-state index contributed by atoms with van der Waals surface area (Å²) in [6.07, 6.45) is -4.44. The first-order valence-electron chi connectivity index (χ1n) is 11.8. The average Bonchev–Trinajstić information content (AvgIpc) is 3.33. The van der Waals surface area contributed by atoms with Crippen LogP contribution in [0.2, 0.25) is 0 Å². The zero-order valence-corrected chi connectivity index (χ0v) is 20.8. The normalized spacial score (nSPS) is 15.0. The van der Waals surface area contributed by atoms with E-state index in [9.17, 15) is 22.4 Å². The fourth-order valence-corrected chi connectivity index (χ4v) is 5.05. The van der Waals surface area contributed by atoms with Crippen molar-refractivity contribution >= 4 is 17.2 Å². The number of nitrogens with zero attached hydrogens (tertiary/aromatic N) is 4. The van der Waals surface area contributed by atoms with Gasteiger partial charge in [0.05, 0.1) is 12.1 Å². The summed E-state index contributed by atoms with van der Waals surface area (Å²) < 4.78 is 54.0. The minimum atomic E-state index is -4.44. The number of hydrogen-bond acceptors (Lipinski definition) is 5. The largest absolute Gasteiger partial charge is 0.416 e. The maximum atomic E-state index is 14.4. The molecule has 1 amide bonds. The lowest BCUT2D eigenvalue weighted by atomic mass is 10.1. The molecule has 0 atom stereocenters. The Balaban J connectivity index is 1.50. The van der Waals surface area contributed by atoms with Gasteiger partial charge in [0.2, 0.25) is 0 Å². The Kier molecular flexibility index (Phi) is 8.38. The first-order valence-corrected chi connectivity index (χ1v) is 12.7. The van der Waals surface area contributed by atoms with E-state index in [1.807, 2.05) is 4.90 Å². The smallest absolute Gasteiger partial charge is 0.335 e. The Morgan fingerprint density at radius 2 is 1.78 bits per heavy atom. The molecular weight excluding hydrogens is 492 g/mol. The van der Waals surface area contributed by atoms with Crippen molar-refractivity contribution < 1.29 is 22.4 Å². The number of benzene rings is 2. The number of amides is 1. The van der Waals surface area contributed by atoms with Crippen molar-refractivity contribution in [2.75, 3.05) is 32.7 Å². The third-order valence-corrected chi connectivity index (χ3v) is 7.08. The second-order valence-electron chi connectivity index (χ2n) is 8.79. The molecule has 4 rings (SSSR count). The molecular formula is C26H28F4N4OS. The molecule has 3 aromatic rings. The van der Waals surface area contributed by atoms with Crippen molar-refractivity contribution in [3.05, 3.63) is 87.1 Å². The van der Waals surface area contributed by atoms with Gasteiger partial charge in [0, 0.05) is 50.2 Å². The fraction of sp³-hybridized carbons (Fsp3) is 0.385. The fourth-order valence-electron chi connectivity index (χ4n) is 4.24. The highest BCUT2D eigenvalue weighted by molar-refractivity contribution is 7.09. The van der Waals surface area contributed by atoms with E-state index in [4.69, 9.17) is 0 Å². The summed E-state index contributed by atoms with van der Waals surface area (Å²) in [5.41, 5.74) is 0.537. The maximum Gasteiger partial charge on any atom is 0.416 e. The molecule has 36 heavy (non-hydrogen) atoms. The van der Waals surface area contributed by atoms with Crippen LogP contribution in [0.15, 0.2) is 53.9 Å². The second kappa shape index (κ2) is 11.5. The van der Waals surface area contributed by atoms with Gasteiger partial charge in [-0.05, 0) is 24.2 Å². The van der Waals surface area contributed by atoms with Gasteiger partial charge in [-0.1, -0.05) is 43.3 Å². The molecule has 0 bridgehead atoms. The number of hydrogen-bond donors (Lipinski definition) is 0. The first kappa shape index (κ1) is 26.2. The van der Waals surface area contributed by atoms with E-state index in [0.29, 0.717) is 34.9 Å². The van der Waals surface area contributed by atoms with Crippen molar-refractivity contribution in [2.24, 2.45) is 0 Å². The summed E-state index contributed by atoms with van der Waals surface area (Å²) >= 11 is 1.32. The van der Waals surface area contributed by atoms with Crippen LogP contribution in [0, 0.1) is 5.82 Å². The number of thiazole rings is 1. The van der Waals surface area contributed by atoms with Crippen molar-refractivity contribution in [3.8, 4) is 0 Å². The van der Waals surface area contributed by atoms with Gasteiger partial charge in [-0.2, -0.15) is 13.2 Å². The summed E-state index contributed by atoms with van der Waals surface area (Å²) in [6, 6.07) is 11.5. The van der Waals surface area contributed by atoms with Crippen molar-refractivity contribution in [1.82, 2.24) is 19.7 Å². The van der Waals surface area contributed by atoms with Crippen LogP contribution in [-0.4, -0.2) is 58.3 Å². The number of halogens is 4. The molecule has 0 saturated carbocycles. The van der Waals surface area contributed by atoms with Gasteiger partial charge >= 0.3 is 6.18 Å². The predicted octanol–water partition coefficient (Wildman–Crippen LogP) is 5.28. The summed E-state index contributed by atoms with van der Waals surface area (Å²) in [4.78, 5) is 23.4. The van der Waals surface area contributed by atoms with Gasteiger partial charge in [0.25, 0.3) is 5.91 Å². The van der Waals surface area contributed by atoms with E-state index in [0.717, 1.165) is 31.8 Å². The predicted molar refractivity (Wildman–Crippen MR) is 131 cm³/mol. The summed E-state index contributed by atoms with van der Waals surface area (Å²) in [7, 11) is 0. The molecule has 1 fully saturated rings. The number of aromatic nitrogens is 1. The van der Waals surface area contributed by atoms with Gasteiger partial charge in [-0.3, -0.25) is 9.69 Å². The quantitative estimate of drug-likeness (QED) is 0.379. The maximum absolute atomic E-state index is 14.4. The monoisotopic (exact) mass is 520 g/mol. The van der Waals surface area contributed by atoms with E-state index in [2.05, 4.69) is 16.8 Å². The van der Waals surface area contributed by atoms with Gasteiger partial charge < -0.3 is 9.80 Å². The molecule has 10 heteroatoms. The summed E-state index contributed by atoms with van der Waals surface area (Å²) in [5.74, 6) is -0.500. The average molecular weight is 521 g/mol. The SMILES string of the molecule is CCN1CCN(C(=O)c2csc(CN(Cc3cccc(C(F)(F)F)c3)Cc3ccccc3F)n2)CC1. The Hall–Kier alpha value is -2.82. The number of carbonyl (C=O) groups is 1. The van der Waals surface area contributed by atoms with Crippen molar-refractivity contribution in [3.63, 3.8) is 0 Å². The number of carbonyl (C=O) groups excluding carboxylic acids is 1. The second-order valence-corrected chi connectivity index (χ2v) is 9.73. The van der Waals surface area contributed by atoms with Crippen LogP contribution in [0.25, 0.3) is 0 Å². The van der Waals surface area contributed by atoms with Gasteiger partial charge in [-0.15, -0.1) is 11.3 Å². The molecule has 1 aliphatic heterocycles. The molecule has 2 aromatic carbocycles. The van der Waals surface area contributed by atoms with E-state index in [-0.39, 0.29) is 31.4 Å². The minimum absolute atomic E-state index is 0.119. The van der Waals surface area contributed by atoms with E-state index in [1.54, 1.807) is 34.5 Å². The van der Waals surface area contributed by atoms with Crippen LogP contribution in [-0.2, 0) is 25.8 Å². The Morgan fingerprint density at radius 3 is 2.47 bits per heavy atom. The van der Waals surface area contributed by atoms with Crippen molar-refractivity contribution in [2.45, 2.75) is 32.7 Å². The molecule has 0 spiro atoms. The van der Waals surface area contributed by atoms with E-state index >= 15 is 0 Å². The molecule has 0 unspecified atom stereocenters. The Morgan fingerprint density at radius 1 is 1.03 bits per heavy atom. The van der Waals surface area contributed by atoms with Gasteiger partial charge in [0.15, 0.2) is 0 Å². The van der Waals surface area contributed by atoms with E-state index in [1.165, 1.54) is 23.5 Å². The first-order chi connectivity index (χ1) is 17.2. The molecule has 1 aliphatic rings. The molecule has 0 radical (unpaired) electrons. The highest BCUT2D eigenvalue weighted by atomic mass is 32.1. The molecule has 1 aromatic heterocycles. The van der Waals surface area contributed by atoms with Crippen molar-refractivity contribution in [1.29, 1.82) is 0 Å². The van der Waals surface area contributed by atoms with Crippen LogP contribution in [0.1, 0.15) is 39.1 Å². The highest BCUT2D eigenvalue weighted by Gasteiger charge is 2.30. The number of alkyl halides is 3. The lowest BCUT2D eigenvalue weighted by Gasteiger charge is -2.33. The molecule has 5 nitrogen and oxygen atoms in total. The van der Waals surface area contributed by atoms with Gasteiger partial charge in [-0.25, -0.2) is 9.37 Å². The zero-order valence-electron chi connectivity index (χ0n) is 20.0. The lowest BCUT2D eigenvalue weighted by Crippen LogP contribution is -2.48. The molecule has 0 aliphatic carbocycles. The number of piperazine rings is 1. The summed E-state index contributed by atoms with van der Waals surface area (Å²) in [6.45, 7) is 6.61. The summed E-state index contributed by atoms with van der Waals surface area (Å²) in [5, 5.41) is 2.36. The third kappa shape index (κ3) is 6.68. The molecule has 1 saturated heterocycles. The Bertz CT molecular complexity index is 1170. The topological polar surface area (TPSA) is 39.7 Å². The zero-order chi connectivity index (χ0) is 25.7. The van der Waals surface area contributed by atoms with Crippen LogP contribution >= 0.6 is 11.3 Å². The van der Waals surface area contributed by atoms with Crippen LogP contribution in [0.3, 0.4) is 0 Å². The van der Waals surface area contributed by atoms with E-state index < -0.39 is 11.7 Å². The standard InChI is InChI=1S/C26H28F4N4OS/c1-2-32-10-12-34(13-11-32)25(35)23-18-36-24(31-23)17-33(16-20-7-3-4-9-22(20)27)15-19-6-5-8-21(14-19)26(28,29)30/h3-9,14,18H,2,10-13,15-17H2,1H3. The number of rotatable bonds is 8. The molecule has 0 N–H and O–H groups in total. The molecule has 2 heterocycles. The highest BCUT2D eigenvalue weighted by Crippen LogP contribution is 2.30. The lowest BCUT2D eigenvalue weighted by molar-refractivity contribution is -0.137. The van der Waals surface area contributed by atoms with Crippen LogP contribution in [0.4, 0.5) is 17.6 Å². The third-order valence-electron chi connectivity index (χ3n) is 6.25.